The van der Waals surface area contributed by atoms with Gasteiger partial charge in [-0.15, -0.1) is 0 Å². The first kappa shape index (κ1) is 36.3. The molecule has 1 unspecified atom stereocenters. The lowest BCUT2D eigenvalue weighted by Crippen LogP contribution is -2.54. The molecule has 2 aromatic carbocycles. The first-order valence-corrected chi connectivity index (χ1v) is 18.9. The standard InChI is InChI=1S/C39H43FN8O7/c1-22-10-11-47(22)39(54)55-27-6-4-25(17-27)31-20-33(44-43-31)41-35(50)18-24-3-2-23(16-30(24)40)21-45-12-14-46(15-13-45)26-5-7-28-29(19-26)38(53)48(37(28)52)32-8-9-34(49)42-36(32)51/h2-3,5,7,16,19-20,22,25,27,32H,4,6,8-15,17-18,21H2,1H3,(H,42,49,51)(H2,41,43,44,50)/t22-,25+,27-,32?/m1/s1. The molecular formula is C39H43FN8O7. The highest BCUT2D eigenvalue weighted by atomic mass is 19.1. The summed E-state index contributed by atoms with van der Waals surface area (Å²) in [6.45, 7) is 5.90. The third-order valence-corrected chi connectivity index (χ3v) is 11.5. The molecule has 1 saturated carbocycles. The number of carbonyl (C=O) groups is 6. The Morgan fingerprint density at radius 2 is 1.73 bits per heavy atom. The first-order chi connectivity index (χ1) is 26.5. The number of amides is 6. The van der Waals surface area contributed by atoms with E-state index in [2.05, 4.69) is 30.6 Å². The third kappa shape index (κ3) is 7.42. The van der Waals surface area contributed by atoms with E-state index in [1.165, 1.54) is 6.07 Å². The summed E-state index contributed by atoms with van der Waals surface area (Å²) >= 11 is 0. The number of hydrogen-bond acceptors (Lipinski definition) is 10. The maximum absolute atomic E-state index is 15.2. The first-order valence-electron chi connectivity index (χ1n) is 18.9. The molecule has 1 aromatic heterocycles. The molecule has 4 fully saturated rings. The highest BCUT2D eigenvalue weighted by Gasteiger charge is 2.45. The normalized spacial score (nSPS) is 24.1. The molecular weight excluding hydrogens is 711 g/mol. The second kappa shape index (κ2) is 14.9. The molecule has 4 aliphatic heterocycles. The van der Waals surface area contributed by atoms with E-state index in [9.17, 15) is 28.8 Å². The summed E-state index contributed by atoms with van der Waals surface area (Å²) in [5.41, 5.74) is 3.18. The van der Waals surface area contributed by atoms with Crippen LogP contribution in [-0.2, 0) is 32.1 Å². The fourth-order valence-electron chi connectivity index (χ4n) is 8.21. The van der Waals surface area contributed by atoms with Crippen LogP contribution in [0.5, 0.6) is 0 Å². The zero-order valence-electron chi connectivity index (χ0n) is 30.5. The number of carbonyl (C=O) groups excluding carboxylic acids is 6. The van der Waals surface area contributed by atoms with Gasteiger partial charge in [-0.1, -0.05) is 12.1 Å². The number of halogens is 1. The number of aromatic amines is 1. The summed E-state index contributed by atoms with van der Waals surface area (Å²) in [5.74, 6) is -2.50. The average molecular weight is 755 g/mol. The minimum atomic E-state index is -1.01. The van der Waals surface area contributed by atoms with Crippen LogP contribution in [0, 0.1) is 5.82 Å². The smallest absolute Gasteiger partial charge is 0.410 e. The number of hydrogen-bond donors (Lipinski definition) is 3. The van der Waals surface area contributed by atoms with Crippen molar-refractivity contribution in [1.82, 2.24) is 30.2 Å². The summed E-state index contributed by atoms with van der Waals surface area (Å²) in [7, 11) is 0. The Bertz CT molecular complexity index is 2060. The van der Waals surface area contributed by atoms with Gasteiger partial charge in [0.1, 0.15) is 18.0 Å². The van der Waals surface area contributed by atoms with Gasteiger partial charge in [-0.25, -0.2) is 9.18 Å². The number of nitrogens with zero attached hydrogens (tertiary/aromatic N) is 5. The van der Waals surface area contributed by atoms with Crippen LogP contribution in [0.15, 0.2) is 42.5 Å². The summed E-state index contributed by atoms with van der Waals surface area (Å²) in [4.78, 5) is 82.6. The van der Waals surface area contributed by atoms with E-state index in [0.717, 1.165) is 47.7 Å². The number of piperidine rings is 1. The van der Waals surface area contributed by atoms with Gasteiger partial charge in [0, 0.05) is 75.1 Å². The van der Waals surface area contributed by atoms with Crippen LogP contribution >= 0.6 is 0 Å². The van der Waals surface area contributed by atoms with Crippen molar-refractivity contribution >= 4 is 47.1 Å². The minimum Gasteiger partial charge on any atom is -0.446 e. The number of H-pyrrole nitrogens is 1. The van der Waals surface area contributed by atoms with E-state index < -0.39 is 35.5 Å². The van der Waals surface area contributed by atoms with Gasteiger partial charge in [0.05, 0.1) is 17.5 Å². The summed E-state index contributed by atoms with van der Waals surface area (Å²) in [5, 5.41) is 12.2. The van der Waals surface area contributed by atoms with E-state index in [-0.39, 0.29) is 66.0 Å². The Kier molecular flexibility index (Phi) is 9.84. The van der Waals surface area contributed by atoms with Gasteiger partial charge in [-0.2, -0.15) is 5.10 Å². The second-order valence-electron chi connectivity index (χ2n) is 15.1. The highest BCUT2D eigenvalue weighted by molar-refractivity contribution is 6.23. The minimum absolute atomic E-state index is 0.0601. The zero-order chi connectivity index (χ0) is 38.4. The summed E-state index contributed by atoms with van der Waals surface area (Å²) in [6.07, 6.45) is 2.90. The van der Waals surface area contributed by atoms with E-state index >= 15 is 4.39 Å². The van der Waals surface area contributed by atoms with Gasteiger partial charge in [-0.3, -0.25) is 44.2 Å². The van der Waals surface area contributed by atoms with Gasteiger partial charge in [0.25, 0.3) is 11.8 Å². The Morgan fingerprint density at radius 3 is 2.45 bits per heavy atom. The van der Waals surface area contributed by atoms with Crippen molar-refractivity contribution < 1.29 is 37.9 Å². The zero-order valence-corrected chi connectivity index (χ0v) is 30.5. The lowest BCUT2D eigenvalue weighted by Gasteiger charge is -2.38. The van der Waals surface area contributed by atoms with Crippen LogP contribution < -0.4 is 15.5 Å². The molecule has 3 saturated heterocycles. The van der Waals surface area contributed by atoms with Crippen molar-refractivity contribution in [2.75, 3.05) is 42.9 Å². The number of piperazine rings is 1. The topological polar surface area (TPSA) is 177 Å². The largest absolute Gasteiger partial charge is 0.446 e. The maximum Gasteiger partial charge on any atom is 0.410 e. The molecule has 0 spiro atoms. The number of likely N-dealkylation sites (tertiary alicyclic amines) is 1. The van der Waals surface area contributed by atoms with Gasteiger partial charge < -0.3 is 19.9 Å². The van der Waals surface area contributed by atoms with Crippen molar-refractivity contribution in [3.05, 3.63) is 76.2 Å². The van der Waals surface area contributed by atoms with Crippen molar-refractivity contribution in [2.45, 2.75) is 82.5 Å². The number of fused-ring (bicyclic) bond motifs is 1. The lowest BCUT2D eigenvalue weighted by molar-refractivity contribution is -0.136. The molecule has 0 bridgehead atoms. The molecule has 55 heavy (non-hydrogen) atoms. The number of rotatable bonds is 9. The predicted molar refractivity (Wildman–Crippen MR) is 196 cm³/mol. The van der Waals surface area contributed by atoms with Gasteiger partial charge in [0.2, 0.25) is 17.7 Å². The molecule has 16 heteroatoms. The van der Waals surface area contributed by atoms with Crippen molar-refractivity contribution in [3.8, 4) is 0 Å². The molecule has 3 N–H and O–H groups in total. The number of ether oxygens (including phenoxy) is 1. The van der Waals surface area contributed by atoms with E-state index in [4.69, 9.17) is 4.74 Å². The van der Waals surface area contributed by atoms with Gasteiger partial charge in [-0.05, 0) is 74.4 Å². The van der Waals surface area contributed by atoms with Crippen LogP contribution in [0.3, 0.4) is 0 Å². The molecule has 8 rings (SSSR count). The van der Waals surface area contributed by atoms with Crippen LogP contribution in [0.2, 0.25) is 0 Å². The third-order valence-electron chi connectivity index (χ3n) is 11.5. The van der Waals surface area contributed by atoms with E-state index in [1.54, 1.807) is 35.2 Å². The van der Waals surface area contributed by atoms with Crippen LogP contribution in [0.4, 0.5) is 20.7 Å². The van der Waals surface area contributed by atoms with E-state index in [0.29, 0.717) is 45.0 Å². The molecule has 288 valence electrons. The summed E-state index contributed by atoms with van der Waals surface area (Å²) < 4.78 is 20.9. The van der Waals surface area contributed by atoms with Crippen molar-refractivity contribution in [3.63, 3.8) is 0 Å². The predicted octanol–water partition coefficient (Wildman–Crippen LogP) is 3.32. The van der Waals surface area contributed by atoms with E-state index in [1.807, 2.05) is 13.0 Å². The maximum atomic E-state index is 15.2. The van der Waals surface area contributed by atoms with Crippen LogP contribution in [0.25, 0.3) is 0 Å². The monoisotopic (exact) mass is 754 g/mol. The molecule has 5 heterocycles. The number of anilines is 2. The van der Waals surface area contributed by atoms with Crippen molar-refractivity contribution in [2.24, 2.45) is 0 Å². The lowest BCUT2D eigenvalue weighted by atomic mass is 10.0. The van der Waals surface area contributed by atoms with Gasteiger partial charge in [0.15, 0.2) is 5.82 Å². The number of benzene rings is 2. The number of nitrogens with one attached hydrogen (secondary N) is 3. The number of imide groups is 2. The molecule has 1 aliphatic carbocycles. The molecule has 4 atom stereocenters. The molecule has 0 radical (unpaired) electrons. The number of aromatic nitrogens is 2. The fraction of sp³-hybridized carbons (Fsp3) is 0.462. The Labute approximate surface area is 316 Å². The Hall–Kier alpha value is -5.64. The molecule has 15 nitrogen and oxygen atoms in total. The Balaban J connectivity index is 0.798. The van der Waals surface area contributed by atoms with Gasteiger partial charge >= 0.3 is 6.09 Å². The quantitative estimate of drug-likeness (QED) is 0.275. The van der Waals surface area contributed by atoms with Crippen LogP contribution in [-0.4, -0.2) is 111 Å². The van der Waals surface area contributed by atoms with Crippen LogP contribution in [0.1, 0.15) is 88.9 Å². The Morgan fingerprint density at radius 1 is 0.927 bits per heavy atom. The summed E-state index contributed by atoms with van der Waals surface area (Å²) in [6, 6.07) is 11.0. The molecule has 3 aromatic rings. The fourth-order valence-corrected chi connectivity index (χ4v) is 8.21. The molecule has 6 amide bonds. The SMILES string of the molecule is C[C@@H]1CCN1C(=O)O[C@@H]1CC[C@H](c2cc(NC(=O)Cc3ccc(CN4CCN(c5ccc6c(c5)C(=O)N(C5CCC(=O)NC5=O)C6=O)CC4)cc3F)n[nH]2)C1. The highest BCUT2D eigenvalue weighted by Crippen LogP contribution is 2.37. The molecule has 5 aliphatic rings. The second-order valence-corrected chi connectivity index (χ2v) is 15.1. The van der Waals surface area contributed by atoms with Crippen molar-refractivity contribution in [1.29, 1.82) is 0 Å². The average Bonchev–Trinajstić information content (AvgIpc) is 3.87.